The fourth-order valence-electron chi connectivity index (χ4n) is 2.68. The summed E-state index contributed by atoms with van der Waals surface area (Å²) in [6.07, 6.45) is 9.31. The van der Waals surface area contributed by atoms with Crippen LogP contribution in [-0.4, -0.2) is 66.9 Å². The van der Waals surface area contributed by atoms with E-state index in [-0.39, 0.29) is 6.10 Å². The Hall–Kier alpha value is -2.93. The lowest BCUT2D eigenvalue weighted by molar-refractivity contribution is 0.408. The maximum absolute atomic E-state index is 5.40. The third-order valence-corrected chi connectivity index (χ3v) is 4.02. The molecule has 0 spiro atoms. The predicted octanol–water partition coefficient (Wildman–Crippen LogP) is 2.62. The van der Waals surface area contributed by atoms with Crippen molar-refractivity contribution in [2.75, 3.05) is 60.6 Å². The number of anilines is 3. The Balaban J connectivity index is 2.49. The van der Waals surface area contributed by atoms with Crippen LogP contribution in [0, 0.1) is 0 Å². The molecule has 1 aromatic rings. The minimum atomic E-state index is 0.207. The molecule has 0 N–H and O–H groups in total. The molecule has 7 heteroatoms. The van der Waals surface area contributed by atoms with Crippen molar-refractivity contribution in [1.82, 2.24) is 15.0 Å². The Bertz CT molecular complexity index is 638. The van der Waals surface area contributed by atoms with E-state index in [0.29, 0.717) is 57.1 Å². The van der Waals surface area contributed by atoms with Gasteiger partial charge in [0, 0.05) is 39.3 Å². The first-order valence-electron chi connectivity index (χ1n) is 9.33. The Labute approximate surface area is 168 Å². The first-order chi connectivity index (χ1) is 13.7. The zero-order valence-electron chi connectivity index (χ0n) is 16.5. The van der Waals surface area contributed by atoms with Crippen molar-refractivity contribution in [1.29, 1.82) is 0 Å². The largest absolute Gasteiger partial charge is 0.371 e. The van der Waals surface area contributed by atoms with Gasteiger partial charge in [-0.2, -0.15) is 15.0 Å². The molecule has 0 aromatic carbocycles. The summed E-state index contributed by atoms with van der Waals surface area (Å²) in [5.41, 5.74) is 0. The molecule has 1 atom stereocenters. The summed E-state index contributed by atoms with van der Waals surface area (Å²) in [5, 5.41) is 0. The van der Waals surface area contributed by atoms with Gasteiger partial charge in [-0.15, -0.1) is 32.9 Å². The van der Waals surface area contributed by atoms with Crippen LogP contribution in [-0.2, 0) is 4.74 Å². The summed E-state index contributed by atoms with van der Waals surface area (Å²) in [7, 11) is 0. The summed E-state index contributed by atoms with van der Waals surface area (Å²) in [6.45, 7) is 23.7. The summed E-state index contributed by atoms with van der Waals surface area (Å²) in [5.74, 6) is 1.74. The van der Waals surface area contributed by atoms with Crippen molar-refractivity contribution in [3.63, 3.8) is 0 Å². The third-order valence-electron chi connectivity index (χ3n) is 4.02. The van der Waals surface area contributed by atoms with Crippen LogP contribution in [0.2, 0.25) is 0 Å². The Morgan fingerprint density at radius 3 is 1.32 bits per heavy atom. The molecule has 0 bridgehead atoms. The number of hydrogen-bond acceptors (Lipinski definition) is 7. The lowest BCUT2D eigenvalue weighted by Gasteiger charge is -2.27. The van der Waals surface area contributed by atoms with Gasteiger partial charge in [-0.25, -0.2) is 0 Å². The second-order valence-electron chi connectivity index (χ2n) is 6.35. The molecule has 1 aliphatic rings. The highest BCUT2D eigenvalue weighted by molar-refractivity contribution is 5.48. The number of epoxide rings is 1. The monoisotopic (exact) mass is 382 g/mol. The molecule has 2 heterocycles. The van der Waals surface area contributed by atoms with Crippen LogP contribution in [0.3, 0.4) is 0 Å². The Morgan fingerprint density at radius 2 is 1.00 bits per heavy atom. The van der Waals surface area contributed by atoms with E-state index in [0.717, 1.165) is 6.61 Å². The number of hydrogen-bond donors (Lipinski definition) is 0. The minimum absolute atomic E-state index is 0.207. The standard InChI is InChI=1S/C21H30N6O/c1-6-11-25(12-7-2)19-22-20(26(13-8-3)14-9-4)24-21(23-19)27(15-10-5)16-18-17-28-18/h6-10,18H,1-5,11-17H2. The molecule has 1 unspecified atom stereocenters. The predicted molar refractivity (Wildman–Crippen MR) is 117 cm³/mol. The van der Waals surface area contributed by atoms with E-state index in [4.69, 9.17) is 19.7 Å². The zero-order chi connectivity index (χ0) is 20.4. The molecule has 2 rings (SSSR count). The van der Waals surface area contributed by atoms with Gasteiger partial charge in [-0.1, -0.05) is 30.4 Å². The van der Waals surface area contributed by atoms with Crippen LogP contribution >= 0.6 is 0 Å². The van der Waals surface area contributed by atoms with E-state index >= 15 is 0 Å². The first kappa shape index (κ1) is 21.4. The summed E-state index contributed by atoms with van der Waals surface area (Å²) < 4.78 is 5.40. The molecule has 1 aliphatic heterocycles. The second kappa shape index (κ2) is 11.0. The highest BCUT2D eigenvalue weighted by Crippen LogP contribution is 2.22. The molecular weight excluding hydrogens is 352 g/mol. The van der Waals surface area contributed by atoms with E-state index in [1.165, 1.54) is 0 Å². The number of rotatable bonds is 15. The molecule has 0 aliphatic carbocycles. The summed E-state index contributed by atoms with van der Waals surface area (Å²) in [4.78, 5) is 20.2. The van der Waals surface area contributed by atoms with Crippen molar-refractivity contribution in [2.45, 2.75) is 6.10 Å². The van der Waals surface area contributed by atoms with Crippen molar-refractivity contribution in [3.8, 4) is 0 Å². The van der Waals surface area contributed by atoms with Crippen molar-refractivity contribution >= 4 is 17.8 Å². The number of aromatic nitrogens is 3. The molecule has 1 aromatic heterocycles. The number of nitrogens with zero attached hydrogens (tertiary/aromatic N) is 6. The van der Waals surface area contributed by atoms with Crippen molar-refractivity contribution in [3.05, 3.63) is 63.3 Å². The van der Waals surface area contributed by atoms with Gasteiger partial charge in [0.15, 0.2) is 0 Å². The van der Waals surface area contributed by atoms with Gasteiger partial charge in [0.05, 0.1) is 12.7 Å². The van der Waals surface area contributed by atoms with Crippen LogP contribution in [0.1, 0.15) is 0 Å². The van der Waals surface area contributed by atoms with Crippen LogP contribution in [0.15, 0.2) is 63.3 Å². The molecular formula is C21H30N6O. The SMILES string of the molecule is C=CCN(CC=C)c1nc(N(CC=C)CC=C)nc(N(CC=C)CC2CO2)n1. The van der Waals surface area contributed by atoms with E-state index in [2.05, 4.69) is 37.8 Å². The molecule has 28 heavy (non-hydrogen) atoms. The van der Waals surface area contributed by atoms with Gasteiger partial charge in [0.25, 0.3) is 0 Å². The van der Waals surface area contributed by atoms with E-state index < -0.39 is 0 Å². The molecule has 0 saturated carbocycles. The average Bonchev–Trinajstić information content (AvgIpc) is 3.51. The third kappa shape index (κ3) is 6.06. The molecule has 1 saturated heterocycles. The van der Waals surface area contributed by atoms with Crippen LogP contribution in [0.25, 0.3) is 0 Å². The average molecular weight is 383 g/mol. The fourth-order valence-corrected chi connectivity index (χ4v) is 2.68. The summed E-state index contributed by atoms with van der Waals surface area (Å²) >= 11 is 0. The first-order valence-corrected chi connectivity index (χ1v) is 9.33. The van der Waals surface area contributed by atoms with E-state index in [9.17, 15) is 0 Å². The maximum Gasteiger partial charge on any atom is 0.232 e. The molecule has 1 fully saturated rings. The van der Waals surface area contributed by atoms with Crippen LogP contribution in [0.4, 0.5) is 17.8 Å². The van der Waals surface area contributed by atoms with Gasteiger partial charge >= 0.3 is 0 Å². The van der Waals surface area contributed by atoms with Gasteiger partial charge < -0.3 is 19.4 Å². The molecule has 150 valence electrons. The van der Waals surface area contributed by atoms with E-state index in [1.54, 1.807) is 0 Å². The Kier molecular flexibility index (Phi) is 8.42. The molecule has 0 amide bonds. The summed E-state index contributed by atoms with van der Waals surface area (Å²) in [6, 6.07) is 0. The molecule has 0 radical (unpaired) electrons. The second-order valence-corrected chi connectivity index (χ2v) is 6.35. The van der Waals surface area contributed by atoms with Gasteiger partial charge in [-0.3, -0.25) is 0 Å². The van der Waals surface area contributed by atoms with Crippen molar-refractivity contribution in [2.24, 2.45) is 0 Å². The van der Waals surface area contributed by atoms with Gasteiger partial charge in [0.1, 0.15) is 0 Å². The lowest BCUT2D eigenvalue weighted by atomic mass is 10.4. The normalized spacial score (nSPS) is 14.6. The van der Waals surface area contributed by atoms with Crippen LogP contribution < -0.4 is 14.7 Å². The van der Waals surface area contributed by atoms with Gasteiger partial charge in [-0.05, 0) is 0 Å². The number of ether oxygens (including phenoxy) is 1. The van der Waals surface area contributed by atoms with E-state index in [1.807, 2.05) is 40.2 Å². The minimum Gasteiger partial charge on any atom is -0.371 e. The highest BCUT2D eigenvalue weighted by atomic mass is 16.6. The van der Waals surface area contributed by atoms with Crippen molar-refractivity contribution < 1.29 is 4.74 Å². The molecule has 7 nitrogen and oxygen atoms in total. The smallest absolute Gasteiger partial charge is 0.232 e. The zero-order valence-corrected chi connectivity index (χ0v) is 16.5. The fraction of sp³-hybridized carbons (Fsp3) is 0.381. The lowest BCUT2D eigenvalue weighted by Crippen LogP contribution is -2.34. The topological polar surface area (TPSA) is 60.9 Å². The van der Waals surface area contributed by atoms with Crippen LogP contribution in [0.5, 0.6) is 0 Å². The van der Waals surface area contributed by atoms with Gasteiger partial charge in [0.2, 0.25) is 17.8 Å². The quantitative estimate of drug-likeness (QED) is 0.341. The highest BCUT2D eigenvalue weighted by Gasteiger charge is 2.27. The Morgan fingerprint density at radius 1 is 0.679 bits per heavy atom. The maximum atomic E-state index is 5.40.